The highest BCUT2D eigenvalue weighted by molar-refractivity contribution is 5.96. The van der Waals surface area contributed by atoms with Gasteiger partial charge in [-0.05, 0) is 44.5 Å². The van der Waals surface area contributed by atoms with Crippen LogP contribution in [0, 0.1) is 13.8 Å². The molecule has 2 aromatic carbocycles. The van der Waals surface area contributed by atoms with Crippen molar-refractivity contribution < 1.29 is 23.8 Å². The topological polar surface area (TPSA) is 73.9 Å². The summed E-state index contributed by atoms with van der Waals surface area (Å²) in [5.74, 6) is 0.220. The number of nitrogens with one attached hydrogen (secondary N) is 1. The van der Waals surface area contributed by atoms with Gasteiger partial charge >= 0.3 is 5.97 Å². The molecule has 6 nitrogen and oxygen atoms in total. The Kier molecular flexibility index (Phi) is 6.82. The molecular formula is C21H25NO5. The third kappa shape index (κ3) is 5.48. The van der Waals surface area contributed by atoms with E-state index in [1.54, 1.807) is 25.3 Å². The molecule has 0 aromatic heterocycles. The van der Waals surface area contributed by atoms with Gasteiger partial charge in [0.15, 0.2) is 6.10 Å². The van der Waals surface area contributed by atoms with Gasteiger partial charge in [0.25, 0.3) is 5.91 Å². The minimum absolute atomic E-state index is 0.0240. The summed E-state index contributed by atoms with van der Waals surface area (Å²) in [7, 11) is 3.07. The van der Waals surface area contributed by atoms with Crippen LogP contribution in [0.5, 0.6) is 11.5 Å². The molecule has 0 saturated heterocycles. The number of hydrogen-bond donors (Lipinski definition) is 1. The van der Waals surface area contributed by atoms with Crippen LogP contribution in [0.15, 0.2) is 36.4 Å². The van der Waals surface area contributed by atoms with Crippen LogP contribution in [-0.4, -0.2) is 32.2 Å². The Morgan fingerprint density at radius 2 is 1.56 bits per heavy atom. The maximum atomic E-state index is 12.4. The number of benzene rings is 2. The van der Waals surface area contributed by atoms with E-state index < -0.39 is 18.0 Å². The molecule has 2 aromatic rings. The number of anilines is 1. The Bertz CT molecular complexity index is 831. The first-order chi connectivity index (χ1) is 12.8. The Morgan fingerprint density at radius 1 is 0.963 bits per heavy atom. The average Bonchev–Trinajstić information content (AvgIpc) is 2.62. The maximum absolute atomic E-state index is 12.4. The van der Waals surface area contributed by atoms with Crippen LogP contribution >= 0.6 is 0 Å². The number of ether oxygens (including phenoxy) is 3. The zero-order valence-electron chi connectivity index (χ0n) is 16.3. The van der Waals surface area contributed by atoms with Gasteiger partial charge in [-0.15, -0.1) is 0 Å². The molecule has 1 atom stereocenters. The third-order valence-corrected chi connectivity index (χ3v) is 4.06. The van der Waals surface area contributed by atoms with Gasteiger partial charge in [0, 0.05) is 5.56 Å². The molecule has 0 aliphatic heterocycles. The van der Waals surface area contributed by atoms with E-state index in [-0.39, 0.29) is 6.42 Å². The van der Waals surface area contributed by atoms with E-state index in [1.165, 1.54) is 14.0 Å². The van der Waals surface area contributed by atoms with Gasteiger partial charge in [-0.25, -0.2) is 0 Å². The number of hydrogen-bond acceptors (Lipinski definition) is 5. The Labute approximate surface area is 159 Å². The second-order valence-electron chi connectivity index (χ2n) is 6.32. The summed E-state index contributed by atoms with van der Waals surface area (Å²) in [6.07, 6.45) is -0.922. The van der Waals surface area contributed by atoms with Crippen molar-refractivity contribution in [1.82, 2.24) is 0 Å². The molecule has 0 aliphatic carbocycles. The highest BCUT2D eigenvalue weighted by atomic mass is 16.5. The lowest BCUT2D eigenvalue weighted by Gasteiger charge is -2.16. The fourth-order valence-corrected chi connectivity index (χ4v) is 2.65. The summed E-state index contributed by atoms with van der Waals surface area (Å²) in [5.41, 5.74) is 3.24. The maximum Gasteiger partial charge on any atom is 0.311 e. The molecule has 0 spiro atoms. The van der Waals surface area contributed by atoms with Crippen molar-refractivity contribution in [3.05, 3.63) is 53.1 Å². The second kappa shape index (κ2) is 9.07. The number of carbonyl (C=O) groups excluding carboxylic acids is 2. The van der Waals surface area contributed by atoms with Crippen LogP contribution in [-0.2, 0) is 20.7 Å². The van der Waals surface area contributed by atoms with Crippen LogP contribution < -0.4 is 14.8 Å². The summed E-state index contributed by atoms with van der Waals surface area (Å²) in [6, 6.07) is 11.0. The molecule has 2 rings (SSSR count). The zero-order valence-corrected chi connectivity index (χ0v) is 16.3. The minimum atomic E-state index is -0.946. The van der Waals surface area contributed by atoms with Gasteiger partial charge in [0.05, 0.1) is 26.3 Å². The van der Waals surface area contributed by atoms with E-state index >= 15 is 0 Å². The second-order valence-corrected chi connectivity index (χ2v) is 6.32. The number of aryl methyl sites for hydroxylation is 2. The highest BCUT2D eigenvalue weighted by Crippen LogP contribution is 2.25. The van der Waals surface area contributed by atoms with Crippen LogP contribution in [0.1, 0.15) is 23.6 Å². The molecule has 0 aliphatic rings. The number of carbonyl (C=O) groups is 2. The quantitative estimate of drug-likeness (QED) is 0.755. The van der Waals surface area contributed by atoms with Crippen molar-refractivity contribution in [1.29, 1.82) is 0 Å². The van der Waals surface area contributed by atoms with Crippen molar-refractivity contribution in [2.24, 2.45) is 0 Å². The molecule has 0 heterocycles. The van der Waals surface area contributed by atoms with Gasteiger partial charge in [0.1, 0.15) is 11.5 Å². The summed E-state index contributed by atoms with van der Waals surface area (Å²) < 4.78 is 15.8. The average molecular weight is 371 g/mol. The van der Waals surface area contributed by atoms with E-state index in [0.717, 1.165) is 16.7 Å². The first-order valence-corrected chi connectivity index (χ1v) is 8.62. The number of amides is 1. The van der Waals surface area contributed by atoms with Crippen LogP contribution in [0.4, 0.5) is 5.69 Å². The minimum Gasteiger partial charge on any atom is -0.496 e. The van der Waals surface area contributed by atoms with Crippen molar-refractivity contribution in [2.45, 2.75) is 33.3 Å². The van der Waals surface area contributed by atoms with Crippen LogP contribution in [0.25, 0.3) is 0 Å². The SMILES string of the molecule is COc1ccc(C)cc1CC(=O)O[C@@H](C)C(=O)Nc1cc(C)ccc1OC. The lowest BCUT2D eigenvalue weighted by molar-refractivity contribution is -0.152. The highest BCUT2D eigenvalue weighted by Gasteiger charge is 2.20. The lowest BCUT2D eigenvalue weighted by atomic mass is 10.1. The monoisotopic (exact) mass is 371 g/mol. The molecule has 27 heavy (non-hydrogen) atoms. The van der Waals surface area contributed by atoms with Gasteiger partial charge < -0.3 is 19.5 Å². The van der Waals surface area contributed by atoms with Gasteiger partial charge in [0.2, 0.25) is 0 Å². The van der Waals surface area contributed by atoms with Gasteiger partial charge in [-0.2, -0.15) is 0 Å². The largest absolute Gasteiger partial charge is 0.496 e. The Balaban J connectivity index is 2.01. The molecule has 0 unspecified atom stereocenters. The first kappa shape index (κ1) is 20.3. The van der Waals surface area contributed by atoms with E-state index in [0.29, 0.717) is 17.2 Å². The van der Waals surface area contributed by atoms with Crippen molar-refractivity contribution >= 4 is 17.6 Å². The summed E-state index contributed by atoms with van der Waals surface area (Å²) >= 11 is 0. The molecule has 1 amide bonds. The van der Waals surface area contributed by atoms with Crippen molar-refractivity contribution in [3.8, 4) is 11.5 Å². The zero-order chi connectivity index (χ0) is 20.0. The van der Waals surface area contributed by atoms with Crippen LogP contribution in [0.2, 0.25) is 0 Å². The predicted octanol–water partition coefficient (Wildman–Crippen LogP) is 3.43. The standard InChI is InChI=1S/C21H25NO5/c1-13-6-8-18(25-4)16(10-13)12-20(23)27-15(3)21(24)22-17-11-14(2)7-9-19(17)26-5/h6-11,15H,12H2,1-5H3,(H,22,24)/t15-/m0/s1. The molecule has 0 fully saturated rings. The van der Waals surface area contributed by atoms with E-state index in [9.17, 15) is 9.59 Å². The van der Waals surface area contributed by atoms with Crippen LogP contribution in [0.3, 0.4) is 0 Å². The lowest BCUT2D eigenvalue weighted by Crippen LogP contribution is -2.30. The van der Waals surface area contributed by atoms with Crippen molar-refractivity contribution in [3.63, 3.8) is 0 Å². The smallest absolute Gasteiger partial charge is 0.311 e. The number of rotatable bonds is 7. The molecule has 144 valence electrons. The molecule has 0 bridgehead atoms. The number of esters is 1. The predicted molar refractivity (Wildman–Crippen MR) is 103 cm³/mol. The molecule has 0 radical (unpaired) electrons. The third-order valence-electron chi connectivity index (χ3n) is 4.06. The fraction of sp³-hybridized carbons (Fsp3) is 0.333. The molecular weight excluding hydrogens is 346 g/mol. The Morgan fingerprint density at radius 3 is 2.19 bits per heavy atom. The van der Waals surface area contributed by atoms with E-state index in [1.807, 2.05) is 32.0 Å². The normalized spacial score (nSPS) is 11.4. The van der Waals surface area contributed by atoms with E-state index in [4.69, 9.17) is 14.2 Å². The Hall–Kier alpha value is -3.02. The summed E-state index contributed by atoms with van der Waals surface area (Å²) in [5, 5.41) is 2.74. The van der Waals surface area contributed by atoms with Crippen molar-refractivity contribution in [2.75, 3.05) is 19.5 Å². The number of methoxy groups -OCH3 is 2. The fourth-order valence-electron chi connectivity index (χ4n) is 2.65. The summed E-state index contributed by atoms with van der Waals surface area (Å²) in [4.78, 5) is 24.6. The summed E-state index contributed by atoms with van der Waals surface area (Å²) in [6.45, 7) is 5.37. The molecule has 0 saturated carbocycles. The van der Waals surface area contributed by atoms with Gasteiger partial charge in [-0.3, -0.25) is 9.59 Å². The van der Waals surface area contributed by atoms with Gasteiger partial charge in [-0.1, -0.05) is 23.8 Å². The molecule has 1 N–H and O–H groups in total. The first-order valence-electron chi connectivity index (χ1n) is 8.62. The van der Waals surface area contributed by atoms with E-state index in [2.05, 4.69) is 5.32 Å². The molecule has 6 heteroatoms.